The molecule has 0 radical (unpaired) electrons. The van der Waals surface area contributed by atoms with Gasteiger partial charge in [-0.1, -0.05) is 31.7 Å². The minimum atomic E-state index is 0.0134. The van der Waals surface area contributed by atoms with E-state index in [4.69, 9.17) is 4.98 Å². The summed E-state index contributed by atoms with van der Waals surface area (Å²) in [5, 5.41) is 1.41. The molecule has 3 heterocycles. The van der Waals surface area contributed by atoms with E-state index in [1.165, 1.54) is 28.6 Å². The molecular weight excluding hydrogens is 390 g/mol. The van der Waals surface area contributed by atoms with Crippen LogP contribution in [0.2, 0.25) is 0 Å². The van der Waals surface area contributed by atoms with Gasteiger partial charge in [0.25, 0.3) is 5.56 Å². The standard InChI is InChI=1S/C21H27N3O2S2/c1-4-8-24-20(26)18-15-6-5-7-16(15)28-19(18)22-21(24)27-12-17(25)23-10-13(2)9-14(3)11-23/h4,13-14H,1,5-12H2,2-3H3. The first kappa shape index (κ1) is 19.7. The van der Waals surface area contributed by atoms with Gasteiger partial charge < -0.3 is 4.90 Å². The van der Waals surface area contributed by atoms with Gasteiger partial charge in [-0.15, -0.1) is 17.9 Å². The highest BCUT2D eigenvalue weighted by molar-refractivity contribution is 7.99. The number of aromatic nitrogens is 2. The van der Waals surface area contributed by atoms with Crippen LogP contribution in [0, 0.1) is 11.8 Å². The zero-order chi connectivity index (χ0) is 19.8. The summed E-state index contributed by atoms with van der Waals surface area (Å²) in [6, 6.07) is 0. The first-order valence-corrected chi connectivity index (χ1v) is 11.8. The van der Waals surface area contributed by atoms with Crippen molar-refractivity contribution in [3.8, 4) is 0 Å². The number of allylic oxidation sites excluding steroid dienone is 1. The molecule has 4 rings (SSSR count). The molecule has 0 spiro atoms. The van der Waals surface area contributed by atoms with Crippen LogP contribution in [0.4, 0.5) is 0 Å². The fourth-order valence-corrected chi connectivity index (χ4v) is 6.76. The summed E-state index contributed by atoms with van der Waals surface area (Å²) >= 11 is 3.03. The quantitative estimate of drug-likeness (QED) is 0.423. The Morgan fingerprint density at radius 1 is 1.32 bits per heavy atom. The van der Waals surface area contributed by atoms with Gasteiger partial charge in [0.1, 0.15) is 4.83 Å². The Morgan fingerprint density at radius 2 is 2.07 bits per heavy atom. The molecule has 1 fully saturated rings. The van der Waals surface area contributed by atoms with Gasteiger partial charge in [-0.3, -0.25) is 14.2 Å². The van der Waals surface area contributed by atoms with Gasteiger partial charge in [-0.2, -0.15) is 0 Å². The first-order chi connectivity index (χ1) is 13.5. The van der Waals surface area contributed by atoms with E-state index in [9.17, 15) is 9.59 Å². The fourth-order valence-electron chi connectivity index (χ4n) is 4.54. The number of amides is 1. The van der Waals surface area contributed by atoms with E-state index >= 15 is 0 Å². The molecule has 0 N–H and O–H groups in total. The molecule has 2 atom stereocenters. The van der Waals surface area contributed by atoms with Crippen molar-refractivity contribution in [3.05, 3.63) is 33.4 Å². The smallest absolute Gasteiger partial charge is 0.263 e. The summed E-state index contributed by atoms with van der Waals surface area (Å²) in [7, 11) is 0. The molecule has 1 aliphatic carbocycles. The number of fused-ring (bicyclic) bond motifs is 3. The van der Waals surface area contributed by atoms with E-state index in [2.05, 4.69) is 20.4 Å². The Balaban J connectivity index is 1.59. The Bertz CT molecular complexity index is 968. The van der Waals surface area contributed by atoms with Gasteiger partial charge in [-0.25, -0.2) is 4.98 Å². The maximum absolute atomic E-state index is 13.2. The molecule has 7 heteroatoms. The minimum absolute atomic E-state index is 0.0134. The summed E-state index contributed by atoms with van der Waals surface area (Å²) in [5.41, 5.74) is 1.21. The number of likely N-dealkylation sites (tertiary alicyclic amines) is 1. The number of rotatable bonds is 5. The molecule has 0 aromatic carbocycles. The lowest BCUT2D eigenvalue weighted by atomic mass is 9.92. The monoisotopic (exact) mass is 417 g/mol. The summed E-state index contributed by atoms with van der Waals surface area (Å²) in [6.45, 7) is 10.3. The van der Waals surface area contributed by atoms with Crippen LogP contribution in [0.5, 0.6) is 0 Å². The van der Waals surface area contributed by atoms with Crippen molar-refractivity contribution in [1.29, 1.82) is 0 Å². The Morgan fingerprint density at radius 3 is 2.79 bits per heavy atom. The molecule has 150 valence electrons. The molecule has 2 aromatic heterocycles. The van der Waals surface area contributed by atoms with Gasteiger partial charge in [0, 0.05) is 24.5 Å². The maximum Gasteiger partial charge on any atom is 0.263 e. The third kappa shape index (κ3) is 3.66. The lowest BCUT2D eigenvalue weighted by Crippen LogP contribution is -2.43. The van der Waals surface area contributed by atoms with Gasteiger partial charge in [0.2, 0.25) is 5.91 Å². The summed E-state index contributed by atoms with van der Waals surface area (Å²) in [4.78, 5) is 34.8. The highest BCUT2D eigenvalue weighted by atomic mass is 32.2. The number of nitrogens with zero attached hydrogens (tertiary/aromatic N) is 3. The van der Waals surface area contributed by atoms with Gasteiger partial charge in [-0.05, 0) is 43.1 Å². The summed E-state index contributed by atoms with van der Waals surface area (Å²) in [5.74, 6) is 1.54. The Hall–Kier alpha value is -1.60. The molecule has 0 bridgehead atoms. The predicted octanol–water partition coefficient (Wildman–Crippen LogP) is 3.73. The van der Waals surface area contributed by atoms with Crippen molar-refractivity contribution in [2.24, 2.45) is 11.8 Å². The van der Waals surface area contributed by atoms with Crippen molar-refractivity contribution in [2.75, 3.05) is 18.8 Å². The fraction of sp³-hybridized carbons (Fsp3) is 0.571. The van der Waals surface area contributed by atoms with E-state index in [0.717, 1.165) is 42.6 Å². The number of aryl methyl sites for hydroxylation is 2. The normalized spacial score (nSPS) is 21.9. The predicted molar refractivity (Wildman–Crippen MR) is 116 cm³/mol. The average Bonchev–Trinajstić information content (AvgIpc) is 3.22. The van der Waals surface area contributed by atoms with Crippen LogP contribution >= 0.6 is 23.1 Å². The van der Waals surface area contributed by atoms with Crippen LogP contribution < -0.4 is 5.56 Å². The Labute approximate surface area is 173 Å². The van der Waals surface area contributed by atoms with Crippen molar-refractivity contribution < 1.29 is 4.79 Å². The number of carbonyl (C=O) groups is 1. The van der Waals surface area contributed by atoms with Gasteiger partial charge in [0.15, 0.2) is 5.16 Å². The summed E-state index contributed by atoms with van der Waals surface area (Å²) in [6.07, 6.45) is 6.04. The van der Waals surface area contributed by atoms with Crippen LogP contribution in [0.25, 0.3) is 10.2 Å². The molecule has 2 aromatic rings. The van der Waals surface area contributed by atoms with Crippen LogP contribution in [0.15, 0.2) is 22.6 Å². The zero-order valence-corrected chi connectivity index (χ0v) is 18.2. The number of hydrogen-bond acceptors (Lipinski definition) is 5. The van der Waals surface area contributed by atoms with E-state index in [0.29, 0.717) is 29.3 Å². The van der Waals surface area contributed by atoms with Crippen LogP contribution in [0.1, 0.15) is 37.1 Å². The third-order valence-electron chi connectivity index (χ3n) is 5.65. The van der Waals surface area contributed by atoms with Crippen molar-refractivity contribution in [3.63, 3.8) is 0 Å². The molecular formula is C21H27N3O2S2. The van der Waals surface area contributed by atoms with Crippen LogP contribution in [-0.2, 0) is 24.2 Å². The molecule has 1 aliphatic heterocycles. The SMILES string of the molecule is C=CCn1c(SCC(=O)N2CC(C)CC(C)C2)nc2sc3c(c2c1=O)CCC3. The molecule has 1 saturated heterocycles. The Kier molecular flexibility index (Phi) is 5.65. The van der Waals surface area contributed by atoms with Crippen LogP contribution in [-0.4, -0.2) is 39.2 Å². The van der Waals surface area contributed by atoms with Gasteiger partial charge >= 0.3 is 0 Å². The largest absolute Gasteiger partial charge is 0.341 e. The average molecular weight is 418 g/mol. The second kappa shape index (κ2) is 8.03. The minimum Gasteiger partial charge on any atom is -0.341 e. The molecule has 28 heavy (non-hydrogen) atoms. The highest BCUT2D eigenvalue weighted by Gasteiger charge is 2.27. The molecule has 0 saturated carbocycles. The first-order valence-electron chi connectivity index (χ1n) is 10.0. The zero-order valence-electron chi connectivity index (χ0n) is 16.6. The third-order valence-corrected chi connectivity index (χ3v) is 7.79. The number of carbonyl (C=O) groups excluding carboxylic acids is 1. The van der Waals surface area contributed by atoms with Crippen LogP contribution in [0.3, 0.4) is 0 Å². The molecule has 5 nitrogen and oxygen atoms in total. The molecule has 2 aliphatic rings. The number of thiophene rings is 1. The van der Waals surface area contributed by atoms with E-state index in [1.807, 2.05) is 4.90 Å². The second-order valence-electron chi connectivity index (χ2n) is 8.17. The number of hydrogen-bond donors (Lipinski definition) is 0. The van der Waals surface area contributed by atoms with E-state index in [1.54, 1.807) is 22.0 Å². The van der Waals surface area contributed by atoms with E-state index in [-0.39, 0.29) is 11.5 Å². The number of thioether (sulfide) groups is 1. The number of piperidine rings is 1. The second-order valence-corrected chi connectivity index (χ2v) is 10.2. The molecule has 2 unspecified atom stereocenters. The highest BCUT2D eigenvalue weighted by Crippen LogP contribution is 2.35. The van der Waals surface area contributed by atoms with Crippen molar-refractivity contribution >= 4 is 39.2 Å². The van der Waals surface area contributed by atoms with Crippen molar-refractivity contribution in [2.45, 2.75) is 51.2 Å². The lowest BCUT2D eigenvalue weighted by Gasteiger charge is -2.35. The summed E-state index contributed by atoms with van der Waals surface area (Å²) < 4.78 is 1.68. The van der Waals surface area contributed by atoms with Gasteiger partial charge in [0.05, 0.1) is 11.1 Å². The molecule has 1 amide bonds. The van der Waals surface area contributed by atoms with E-state index < -0.39 is 0 Å². The lowest BCUT2D eigenvalue weighted by molar-refractivity contribution is -0.130. The van der Waals surface area contributed by atoms with Crippen molar-refractivity contribution in [1.82, 2.24) is 14.5 Å². The topological polar surface area (TPSA) is 55.2 Å². The maximum atomic E-state index is 13.2.